The van der Waals surface area contributed by atoms with Gasteiger partial charge in [0.15, 0.2) is 0 Å². The molecule has 0 bridgehead atoms. The average Bonchev–Trinajstić information content (AvgIpc) is 2.73. The number of nitrogens with zero attached hydrogens (tertiary/aromatic N) is 2. The predicted molar refractivity (Wildman–Crippen MR) is 65.2 cm³/mol. The molecule has 3 heteroatoms. The highest BCUT2D eigenvalue weighted by atomic mass is 19.1. The van der Waals surface area contributed by atoms with Gasteiger partial charge in [-0.15, -0.1) is 0 Å². The van der Waals surface area contributed by atoms with Crippen molar-refractivity contribution < 1.29 is 4.39 Å². The lowest BCUT2D eigenvalue weighted by atomic mass is 10.2. The summed E-state index contributed by atoms with van der Waals surface area (Å²) in [5.74, 6) is -0.293. The summed E-state index contributed by atoms with van der Waals surface area (Å²) in [4.78, 5) is 3.86. The molecule has 0 aliphatic heterocycles. The Morgan fingerprint density at radius 3 is 2.88 bits per heavy atom. The van der Waals surface area contributed by atoms with E-state index in [0.29, 0.717) is 6.54 Å². The predicted octanol–water partition coefficient (Wildman–Crippen LogP) is 3.22. The summed E-state index contributed by atoms with van der Waals surface area (Å²) in [7, 11) is 0. The number of rotatable bonds is 2. The minimum absolute atomic E-state index is 0.293. The first-order valence-electron chi connectivity index (χ1n) is 5.46. The topological polar surface area (TPSA) is 17.8 Å². The van der Waals surface area contributed by atoms with E-state index in [2.05, 4.69) is 27.8 Å². The van der Waals surface area contributed by atoms with Gasteiger partial charge in [0.05, 0.1) is 6.20 Å². The number of benzene rings is 1. The standard InChI is InChI=1S/C14H11FN2/c15-13-7-11(8-16-9-13)10-17-6-5-12-3-1-2-4-14(12)17/h1-9H,10H2. The molecule has 1 aromatic carbocycles. The van der Waals surface area contributed by atoms with Crippen LogP contribution in [0.1, 0.15) is 5.56 Å². The Morgan fingerprint density at radius 2 is 2.00 bits per heavy atom. The first-order valence-corrected chi connectivity index (χ1v) is 5.46. The monoisotopic (exact) mass is 226 g/mol. The van der Waals surface area contributed by atoms with Crippen LogP contribution in [0, 0.1) is 5.82 Å². The number of para-hydroxylation sites is 1. The van der Waals surface area contributed by atoms with Crippen LogP contribution in [0.15, 0.2) is 55.0 Å². The van der Waals surface area contributed by atoms with E-state index in [1.807, 2.05) is 18.3 Å². The molecule has 0 aliphatic rings. The lowest BCUT2D eigenvalue weighted by Crippen LogP contribution is -1.98. The van der Waals surface area contributed by atoms with Gasteiger partial charge in [-0.25, -0.2) is 4.39 Å². The molecule has 0 aliphatic carbocycles. The molecule has 0 radical (unpaired) electrons. The van der Waals surface area contributed by atoms with Gasteiger partial charge in [0.25, 0.3) is 0 Å². The van der Waals surface area contributed by atoms with E-state index in [9.17, 15) is 4.39 Å². The van der Waals surface area contributed by atoms with Crippen LogP contribution in [0.2, 0.25) is 0 Å². The fourth-order valence-electron chi connectivity index (χ4n) is 2.02. The fraction of sp³-hybridized carbons (Fsp3) is 0.0714. The summed E-state index contributed by atoms with van der Waals surface area (Å²) in [6.45, 7) is 0.637. The van der Waals surface area contributed by atoms with Gasteiger partial charge in [-0.3, -0.25) is 4.98 Å². The van der Waals surface area contributed by atoms with Crippen LogP contribution in [0.3, 0.4) is 0 Å². The van der Waals surface area contributed by atoms with Crippen LogP contribution in [-0.2, 0) is 6.54 Å². The molecule has 2 aromatic heterocycles. The second-order valence-corrected chi connectivity index (χ2v) is 4.01. The molecule has 84 valence electrons. The van der Waals surface area contributed by atoms with Gasteiger partial charge in [-0.1, -0.05) is 18.2 Å². The number of halogens is 1. The molecule has 0 N–H and O–H groups in total. The number of hydrogen-bond donors (Lipinski definition) is 0. The lowest BCUT2D eigenvalue weighted by molar-refractivity contribution is 0.617. The number of fused-ring (bicyclic) bond motifs is 1. The largest absolute Gasteiger partial charge is 0.343 e. The Hall–Kier alpha value is -2.16. The molecular weight excluding hydrogens is 215 g/mol. The van der Waals surface area contributed by atoms with Crippen LogP contribution in [0.4, 0.5) is 4.39 Å². The third-order valence-corrected chi connectivity index (χ3v) is 2.79. The van der Waals surface area contributed by atoms with Crippen molar-refractivity contribution in [3.63, 3.8) is 0 Å². The zero-order valence-electron chi connectivity index (χ0n) is 9.18. The summed E-state index contributed by atoms with van der Waals surface area (Å²) in [6.07, 6.45) is 4.92. The van der Waals surface area contributed by atoms with Crippen molar-refractivity contribution in [2.75, 3.05) is 0 Å². The van der Waals surface area contributed by atoms with Crippen LogP contribution >= 0.6 is 0 Å². The first-order chi connectivity index (χ1) is 8.33. The van der Waals surface area contributed by atoms with Gasteiger partial charge in [0, 0.05) is 24.5 Å². The van der Waals surface area contributed by atoms with Crippen molar-refractivity contribution in [3.05, 3.63) is 66.4 Å². The van der Waals surface area contributed by atoms with E-state index in [1.165, 1.54) is 17.6 Å². The molecule has 0 saturated heterocycles. The van der Waals surface area contributed by atoms with Crippen molar-refractivity contribution in [1.82, 2.24) is 9.55 Å². The second-order valence-electron chi connectivity index (χ2n) is 4.01. The molecule has 0 spiro atoms. The zero-order chi connectivity index (χ0) is 11.7. The van der Waals surface area contributed by atoms with Crippen molar-refractivity contribution in [3.8, 4) is 0 Å². The molecule has 17 heavy (non-hydrogen) atoms. The van der Waals surface area contributed by atoms with Gasteiger partial charge in [0.2, 0.25) is 0 Å². The molecule has 0 atom stereocenters. The molecule has 3 aromatic rings. The third-order valence-electron chi connectivity index (χ3n) is 2.79. The highest BCUT2D eigenvalue weighted by molar-refractivity contribution is 5.79. The maximum atomic E-state index is 13.0. The SMILES string of the molecule is Fc1cncc(Cn2ccc3ccccc32)c1. The number of hydrogen-bond acceptors (Lipinski definition) is 1. The Labute approximate surface area is 98.3 Å². The Morgan fingerprint density at radius 1 is 1.12 bits per heavy atom. The summed E-state index contributed by atoms with van der Waals surface area (Å²) in [5, 5.41) is 1.19. The first kappa shape index (κ1) is 10.0. The van der Waals surface area contributed by atoms with Crippen molar-refractivity contribution in [2.24, 2.45) is 0 Å². The second kappa shape index (κ2) is 4.01. The fourth-order valence-corrected chi connectivity index (χ4v) is 2.02. The van der Waals surface area contributed by atoms with Crippen LogP contribution in [0.25, 0.3) is 10.9 Å². The van der Waals surface area contributed by atoms with Crippen LogP contribution in [0.5, 0.6) is 0 Å². The number of aromatic nitrogens is 2. The summed E-state index contributed by atoms with van der Waals surface area (Å²) >= 11 is 0. The molecule has 2 heterocycles. The van der Waals surface area contributed by atoms with Crippen LogP contribution in [-0.4, -0.2) is 9.55 Å². The molecule has 3 rings (SSSR count). The lowest BCUT2D eigenvalue weighted by Gasteiger charge is -2.05. The third kappa shape index (κ3) is 1.91. The van der Waals surface area contributed by atoms with Gasteiger partial charge in [0.1, 0.15) is 5.82 Å². The number of pyridine rings is 1. The van der Waals surface area contributed by atoms with E-state index in [1.54, 1.807) is 6.20 Å². The minimum atomic E-state index is -0.293. The average molecular weight is 226 g/mol. The van der Waals surface area contributed by atoms with Gasteiger partial charge in [-0.05, 0) is 29.1 Å². The summed E-state index contributed by atoms with van der Waals surface area (Å²) < 4.78 is 15.1. The Balaban J connectivity index is 2.00. The molecule has 0 saturated carbocycles. The van der Waals surface area contributed by atoms with Crippen LogP contribution < -0.4 is 0 Å². The zero-order valence-corrected chi connectivity index (χ0v) is 9.18. The summed E-state index contributed by atoms with van der Waals surface area (Å²) in [6, 6.07) is 11.7. The summed E-state index contributed by atoms with van der Waals surface area (Å²) in [5.41, 5.74) is 2.02. The van der Waals surface area contributed by atoms with Gasteiger partial charge < -0.3 is 4.57 Å². The molecule has 0 amide bonds. The van der Waals surface area contributed by atoms with Crippen molar-refractivity contribution in [1.29, 1.82) is 0 Å². The van der Waals surface area contributed by atoms with E-state index >= 15 is 0 Å². The minimum Gasteiger partial charge on any atom is -0.343 e. The smallest absolute Gasteiger partial charge is 0.141 e. The molecule has 2 nitrogen and oxygen atoms in total. The Kier molecular flexibility index (Phi) is 2.37. The molecule has 0 fully saturated rings. The molecular formula is C14H11FN2. The van der Waals surface area contributed by atoms with Crippen molar-refractivity contribution in [2.45, 2.75) is 6.54 Å². The van der Waals surface area contributed by atoms with E-state index < -0.39 is 0 Å². The normalized spacial score (nSPS) is 10.9. The van der Waals surface area contributed by atoms with Gasteiger partial charge in [-0.2, -0.15) is 0 Å². The van der Waals surface area contributed by atoms with E-state index in [4.69, 9.17) is 0 Å². The quantitative estimate of drug-likeness (QED) is 0.656. The van der Waals surface area contributed by atoms with Gasteiger partial charge >= 0.3 is 0 Å². The highest BCUT2D eigenvalue weighted by Crippen LogP contribution is 2.16. The highest BCUT2D eigenvalue weighted by Gasteiger charge is 2.02. The maximum Gasteiger partial charge on any atom is 0.141 e. The van der Waals surface area contributed by atoms with Crippen molar-refractivity contribution >= 4 is 10.9 Å². The van der Waals surface area contributed by atoms with E-state index in [0.717, 1.165) is 11.1 Å². The maximum absolute atomic E-state index is 13.0. The Bertz CT molecular complexity index is 658. The van der Waals surface area contributed by atoms with E-state index in [-0.39, 0.29) is 5.82 Å². The molecule has 0 unspecified atom stereocenters.